The minimum Gasteiger partial charge on any atom is -0.352 e. The molecule has 1 amide bonds. The number of hydrogen-bond acceptors (Lipinski definition) is 1. The van der Waals surface area contributed by atoms with Gasteiger partial charge in [-0.05, 0) is 12.5 Å². The molecule has 0 aliphatic carbocycles. The van der Waals surface area contributed by atoms with Crippen LogP contribution in [0.4, 0.5) is 0 Å². The summed E-state index contributed by atoms with van der Waals surface area (Å²) < 4.78 is 0. The van der Waals surface area contributed by atoms with Gasteiger partial charge >= 0.3 is 0 Å². The number of carbonyl (C=O) groups excluding carboxylic acids is 1. The van der Waals surface area contributed by atoms with Gasteiger partial charge in [0.2, 0.25) is 5.91 Å². The lowest BCUT2D eigenvalue weighted by atomic mass is 10.0. The Morgan fingerprint density at radius 2 is 2.67 bits per heavy atom. The third-order valence-corrected chi connectivity index (χ3v) is 1.34. The van der Waals surface area contributed by atoms with E-state index in [0.717, 1.165) is 6.42 Å². The fourth-order valence-electron chi connectivity index (χ4n) is 0.798. The predicted octanol–water partition coefficient (Wildman–Crippen LogP) is 0.606. The molecule has 0 radical (unpaired) electrons. The average Bonchev–Trinajstić information content (AvgIpc) is 1.78. The van der Waals surface area contributed by atoms with Crippen molar-refractivity contribution < 1.29 is 4.79 Å². The molecule has 1 rings (SSSR count). The molecule has 0 aromatic rings. The SMILES string of the molecule is C=C=CCC1CC(=O)N1. The molecule has 1 unspecified atom stereocenters. The Balaban J connectivity index is 2.17. The molecule has 48 valence electrons. The first-order valence-corrected chi connectivity index (χ1v) is 2.96. The lowest BCUT2D eigenvalue weighted by Gasteiger charge is -2.24. The van der Waals surface area contributed by atoms with Gasteiger partial charge in [0.15, 0.2) is 0 Å². The standard InChI is InChI=1S/C7H9NO/c1-2-3-4-6-5-7(9)8-6/h3,6H,1,4-5H2,(H,8,9). The maximum atomic E-state index is 10.3. The molecule has 0 bridgehead atoms. The first kappa shape index (κ1) is 6.12. The van der Waals surface area contributed by atoms with Crippen molar-refractivity contribution in [3.63, 3.8) is 0 Å². The summed E-state index contributed by atoms with van der Waals surface area (Å²) in [4.78, 5) is 10.3. The molecule has 1 N–H and O–H groups in total. The molecule has 1 saturated heterocycles. The summed E-state index contributed by atoms with van der Waals surface area (Å²) in [5, 5.41) is 2.74. The Bertz CT molecular complexity index is 160. The molecule has 1 aliphatic rings. The molecule has 9 heavy (non-hydrogen) atoms. The van der Waals surface area contributed by atoms with E-state index >= 15 is 0 Å². The van der Waals surface area contributed by atoms with Crippen LogP contribution < -0.4 is 5.32 Å². The van der Waals surface area contributed by atoms with E-state index in [1.54, 1.807) is 0 Å². The maximum absolute atomic E-state index is 10.3. The fourth-order valence-corrected chi connectivity index (χ4v) is 0.798. The monoisotopic (exact) mass is 123 g/mol. The van der Waals surface area contributed by atoms with Gasteiger partial charge in [0.05, 0.1) is 0 Å². The van der Waals surface area contributed by atoms with Crippen molar-refractivity contribution in [1.82, 2.24) is 5.32 Å². The lowest BCUT2D eigenvalue weighted by molar-refractivity contribution is -0.128. The predicted molar refractivity (Wildman–Crippen MR) is 34.9 cm³/mol. The van der Waals surface area contributed by atoms with Gasteiger partial charge in [-0.2, -0.15) is 0 Å². The van der Waals surface area contributed by atoms with Gasteiger partial charge in [-0.3, -0.25) is 4.79 Å². The minimum atomic E-state index is 0.150. The van der Waals surface area contributed by atoms with Crippen LogP contribution >= 0.6 is 0 Å². The molecule has 0 aromatic heterocycles. The normalized spacial score (nSPS) is 23.6. The second kappa shape index (κ2) is 2.51. The highest BCUT2D eigenvalue weighted by Gasteiger charge is 2.23. The third-order valence-electron chi connectivity index (χ3n) is 1.34. The fraction of sp³-hybridized carbons (Fsp3) is 0.429. The third kappa shape index (κ3) is 1.44. The van der Waals surface area contributed by atoms with E-state index in [1.165, 1.54) is 0 Å². The van der Waals surface area contributed by atoms with Crippen LogP contribution in [0.3, 0.4) is 0 Å². The van der Waals surface area contributed by atoms with Crippen molar-refractivity contribution in [3.05, 3.63) is 18.4 Å². The molecule has 1 heterocycles. The highest BCUT2D eigenvalue weighted by molar-refractivity contribution is 5.82. The van der Waals surface area contributed by atoms with Crippen LogP contribution in [-0.2, 0) is 4.79 Å². The Morgan fingerprint density at radius 3 is 3.11 bits per heavy atom. The molecular formula is C7H9NO. The number of nitrogens with one attached hydrogen (secondary N) is 1. The van der Waals surface area contributed by atoms with Crippen LogP contribution in [0.5, 0.6) is 0 Å². The average molecular weight is 123 g/mol. The van der Waals surface area contributed by atoms with Gasteiger partial charge in [0.25, 0.3) is 0 Å². The van der Waals surface area contributed by atoms with Gasteiger partial charge in [-0.25, -0.2) is 0 Å². The molecule has 0 saturated carbocycles. The van der Waals surface area contributed by atoms with Crippen LogP contribution in [0.25, 0.3) is 0 Å². The Kier molecular flexibility index (Phi) is 1.71. The highest BCUT2D eigenvalue weighted by atomic mass is 16.2. The molecule has 2 heteroatoms. The van der Waals surface area contributed by atoms with E-state index in [-0.39, 0.29) is 5.91 Å². The van der Waals surface area contributed by atoms with Crippen LogP contribution in [0, 0.1) is 0 Å². The second-order valence-electron chi connectivity index (χ2n) is 2.11. The molecule has 2 nitrogen and oxygen atoms in total. The number of carbonyl (C=O) groups is 1. The number of amides is 1. The van der Waals surface area contributed by atoms with E-state index in [2.05, 4.69) is 17.6 Å². The minimum absolute atomic E-state index is 0.150. The van der Waals surface area contributed by atoms with E-state index < -0.39 is 0 Å². The van der Waals surface area contributed by atoms with Crippen LogP contribution in [0.2, 0.25) is 0 Å². The first-order chi connectivity index (χ1) is 4.33. The van der Waals surface area contributed by atoms with Gasteiger partial charge < -0.3 is 5.32 Å². The highest BCUT2D eigenvalue weighted by Crippen LogP contribution is 2.07. The lowest BCUT2D eigenvalue weighted by Crippen LogP contribution is -2.47. The van der Waals surface area contributed by atoms with Gasteiger partial charge in [-0.15, -0.1) is 5.73 Å². The molecule has 1 aliphatic heterocycles. The van der Waals surface area contributed by atoms with E-state index in [1.807, 2.05) is 6.08 Å². The zero-order valence-corrected chi connectivity index (χ0v) is 5.18. The molecular weight excluding hydrogens is 114 g/mol. The molecule has 0 spiro atoms. The number of β-lactam (4-membered cyclic amide) rings is 1. The molecule has 0 aromatic carbocycles. The van der Waals surface area contributed by atoms with Crippen molar-refractivity contribution in [2.24, 2.45) is 0 Å². The van der Waals surface area contributed by atoms with Gasteiger partial charge in [0, 0.05) is 12.5 Å². The molecule has 1 atom stereocenters. The summed E-state index contributed by atoms with van der Waals surface area (Å²) in [6, 6.07) is 0.353. The second-order valence-corrected chi connectivity index (χ2v) is 2.11. The van der Waals surface area contributed by atoms with E-state index in [9.17, 15) is 4.79 Å². The summed E-state index contributed by atoms with van der Waals surface area (Å²) in [7, 11) is 0. The summed E-state index contributed by atoms with van der Waals surface area (Å²) in [5.74, 6) is 0.150. The van der Waals surface area contributed by atoms with Crippen LogP contribution in [0.1, 0.15) is 12.8 Å². The van der Waals surface area contributed by atoms with Crippen LogP contribution in [0.15, 0.2) is 18.4 Å². The smallest absolute Gasteiger partial charge is 0.222 e. The first-order valence-electron chi connectivity index (χ1n) is 2.96. The largest absolute Gasteiger partial charge is 0.352 e. The van der Waals surface area contributed by atoms with Crippen molar-refractivity contribution in [1.29, 1.82) is 0 Å². The summed E-state index contributed by atoms with van der Waals surface area (Å²) >= 11 is 0. The summed E-state index contributed by atoms with van der Waals surface area (Å²) in [5.41, 5.74) is 2.66. The number of rotatable bonds is 2. The Labute approximate surface area is 54.3 Å². The van der Waals surface area contributed by atoms with E-state index in [0.29, 0.717) is 12.5 Å². The quantitative estimate of drug-likeness (QED) is 0.423. The van der Waals surface area contributed by atoms with Crippen molar-refractivity contribution in [2.75, 3.05) is 0 Å². The van der Waals surface area contributed by atoms with Gasteiger partial charge in [-0.1, -0.05) is 6.58 Å². The van der Waals surface area contributed by atoms with Crippen molar-refractivity contribution in [3.8, 4) is 0 Å². The zero-order valence-electron chi connectivity index (χ0n) is 5.18. The topological polar surface area (TPSA) is 29.1 Å². The number of hydrogen-bond donors (Lipinski definition) is 1. The maximum Gasteiger partial charge on any atom is 0.222 e. The van der Waals surface area contributed by atoms with Crippen molar-refractivity contribution >= 4 is 5.91 Å². The van der Waals surface area contributed by atoms with E-state index in [4.69, 9.17) is 0 Å². The zero-order chi connectivity index (χ0) is 6.69. The molecule has 1 fully saturated rings. The van der Waals surface area contributed by atoms with Crippen molar-refractivity contribution in [2.45, 2.75) is 18.9 Å². The summed E-state index contributed by atoms with van der Waals surface area (Å²) in [6.07, 6.45) is 3.37. The van der Waals surface area contributed by atoms with Gasteiger partial charge in [0.1, 0.15) is 0 Å². The Morgan fingerprint density at radius 1 is 2.00 bits per heavy atom. The Hall–Kier alpha value is -1.01. The van der Waals surface area contributed by atoms with Crippen LogP contribution in [-0.4, -0.2) is 11.9 Å². The summed E-state index contributed by atoms with van der Waals surface area (Å²) in [6.45, 7) is 3.42.